The number of carbonyl (C=O) groups is 2. The summed E-state index contributed by atoms with van der Waals surface area (Å²) in [4.78, 5) is 33.5. The Balaban J connectivity index is 1.74. The van der Waals surface area contributed by atoms with Crippen LogP contribution in [0.25, 0.3) is 16.7 Å². The Morgan fingerprint density at radius 2 is 1.74 bits per heavy atom. The van der Waals surface area contributed by atoms with Gasteiger partial charge in [-0.15, -0.1) is 0 Å². The molecule has 7 nitrogen and oxygen atoms in total. The Morgan fingerprint density at radius 3 is 2.46 bits per heavy atom. The summed E-state index contributed by atoms with van der Waals surface area (Å²) >= 11 is 0. The molecule has 1 fully saturated rings. The lowest BCUT2D eigenvalue weighted by molar-refractivity contribution is -0.132. The number of para-hydroxylation sites is 1. The number of anilines is 2. The van der Waals surface area contributed by atoms with Crippen molar-refractivity contribution in [2.24, 2.45) is 0 Å². The SMILES string of the molecule is COc1cccc(/C(O)=C2\C(=O)C(=O)N(c3ccc(N(C)C)cc3)C2c2c[nH]c3ccccc23)c1. The van der Waals surface area contributed by atoms with E-state index in [-0.39, 0.29) is 11.3 Å². The summed E-state index contributed by atoms with van der Waals surface area (Å²) < 4.78 is 5.29. The molecule has 4 aromatic rings. The number of fused-ring (bicyclic) bond motifs is 1. The van der Waals surface area contributed by atoms with Gasteiger partial charge in [-0.3, -0.25) is 14.5 Å². The van der Waals surface area contributed by atoms with Gasteiger partial charge in [-0.2, -0.15) is 0 Å². The number of aliphatic hydroxyl groups is 1. The molecule has 0 bridgehead atoms. The normalized spacial score (nSPS) is 17.2. The number of benzene rings is 3. The lowest BCUT2D eigenvalue weighted by Crippen LogP contribution is -2.29. The van der Waals surface area contributed by atoms with Gasteiger partial charge in [-0.25, -0.2) is 0 Å². The van der Waals surface area contributed by atoms with Gasteiger partial charge in [0.2, 0.25) is 0 Å². The average Bonchev–Trinajstić information content (AvgIpc) is 3.42. The molecular weight excluding hydrogens is 442 g/mol. The third kappa shape index (κ3) is 3.71. The topological polar surface area (TPSA) is 85.9 Å². The highest BCUT2D eigenvalue weighted by atomic mass is 16.5. The number of carbonyl (C=O) groups excluding carboxylic acids is 2. The molecule has 35 heavy (non-hydrogen) atoms. The van der Waals surface area contributed by atoms with Gasteiger partial charge in [0.1, 0.15) is 11.5 Å². The number of hydrogen-bond donors (Lipinski definition) is 2. The van der Waals surface area contributed by atoms with Crippen LogP contribution >= 0.6 is 0 Å². The lowest BCUT2D eigenvalue weighted by Gasteiger charge is -2.25. The number of Topliss-reactive ketones (excluding diaryl/α,β-unsaturated/α-hetero) is 1. The number of aliphatic hydroxyl groups excluding tert-OH is 1. The Labute approximate surface area is 202 Å². The fraction of sp³-hybridized carbons (Fsp3) is 0.143. The molecule has 1 saturated heterocycles. The number of nitrogens with one attached hydrogen (secondary N) is 1. The first-order valence-electron chi connectivity index (χ1n) is 11.2. The van der Waals surface area contributed by atoms with Gasteiger partial charge in [0, 0.05) is 53.7 Å². The average molecular weight is 468 g/mol. The van der Waals surface area contributed by atoms with Crippen molar-refractivity contribution in [2.75, 3.05) is 31.0 Å². The number of hydrogen-bond acceptors (Lipinski definition) is 5. The standard InChI is InChI=1S/C28H25N3O4/c1-30(2)18-11-13-19(14-12-18)31-25(22-16-29-23-10-5-4-9-21(22)23)24(27(33)28(31)34)26(32)17-7-6-8-20(15-17)35-3/h4-16,25,29,32H,1-3H3/b26-24+. The fourth-order valence-corrected chi connectivity index (χ4v) is 4.55. The second kappa shape index (κ2) is 8.68. The minimum absolute atomic E-state index is 0.0321. The molecule has 0 radical (unpaired) electrons. The van der Waals surface area contributed by atoms with Crippen LogP contribution in [0.5, 0.6) is 5.75 Å². The maximum Gasteiger partial charge on any atom is 0.300 e. The summed E-state index contributed by atoms with van der Waals surface area (Å²) in [5.41, 5.74) is 3.56. The van der Waals surface area contributed by atoms with Crippen molar-refractivity contribution < 1.29 is 19.4 Å². The van der Waals surface area contributed by atoms with Crippen molar-refractivity contribution in [3.05, 3.63) is 95.7 Å². The smallest absolute Gasteiger partial charge is 0.300 e. The number of aromatic amines is 1. The highest BCUT2D eigenvalue weighted by Gasteiger charge is 2.47. The van der Waals surface area contributed by atoms with E-state index in [9.17, 15) is 14.7 Å². The summed E-state index contributed by atoms with van der Waals surface area (Å²) in [7, 11) is 5.39. The van der Waals surface area contributed by atoms with E-state index in [1.807, 2.05) is 67.5 Å². The van der Waals surface area contributed by atoms with Gasteiger partial charge < -0.3 is 19.7 Å². The first-order valence-corrected chi connectivity index (χ1v) is 11.2. The third-order valence-electron chi connectivity index (χ3n) is 6.35. The summed E-state index contributed by atoms with van der Waals surface area (Å²) in [6.45, 7) is 0. The van der Waals surface area contributed by atoms with E-state index < -0.39 is 17.7 Å². The molecule has 2 N–H and O–H groups in total. The second-order valence-corrected chi connectivity index (χ2v) is 8.60. The van der Waals surface area contributed by atoms with Crippen LogP contribution in [-0.2, 0) is 9.59 Å². The quantitative estimate of drug-likeness (QED) is 0.249. The highest BCUT2D eigenvalue weighted by Crippen LogP contribution is 2.44. The first kappa shape index (κ1) is 22.3. The van der Waals surface area contributed by atoms with E-state index in [1.54, 1.807) is 30.5 Å². The number of ketones is 1. The van der Waals surface area contributed by atoms with Crippen molar-refractivity contribution in [1.29, 1.82) is 0 Å². The van der Waals surface area contributed by atoms with Gasteiger partial charge in [-0.1, -0.05) is 30.3 Å². The van der Waals surface area contributed by atoms with Crippen LogP contribution in [0.15, 0.2) is 84.6 Å². The minimum atomic E-state index is -0.817. The van der Waals surface area contributed by atoms with Crippen molar-refractivity contribution in [3.8, 4) is 5.75 Å². The molecule has 1 aliphatic rings. The molecule has 5 rings (SSSR count). The Hall–Kier alpha value is -4.52. The predicted molar refractivity (Wildman–Crippen MR) is 137 cm³/mol. The monoisotopic (exact) mass is 467 g/mol. The number of amides is 1. The van der Waals surface area contributed by atoms with E-state index in [0.29, 0.717) is 17.0 Å². The van der Waals surface area contributed by atoms with Gasteiger partial charge in [0.15, 0.2) is 0 Å². The minimum Gasteiger partial charge on any atom is -0.507 e. The summed E-state index contributed by atoms with van der Waals surface area (Å²) in [5, 5.41) is 12.2. The van der Waals surface area contributed by atoms with E-state index in [1.165, 1.54) is 12.0 Å². The number of H-pyrrole nitrogens is 1. The fourth-order valence-electron chi connectivity index (χ4n) is 4.55. The van der Waals surface area contributed by atoms with Gasteiger partial charge in [0.25, 0.3) is 11.7 Å². The van der Waals surface area contributed by atoms with Crippen LogP contribution < -0.4 is 14.5 Å². The van der Waals surface area contributed by atoms with Crippen molar-refractivity contribution >= 4 is 39.7 Å². The second-order valence-electron chi connectivity index (χ2n) is 8.60. The maximum atomic E-state index is 13.4. The van der Waals surface area contributed by atoms with Crippen LogP contribution in [0.2, 0.25) is 0 Å². The zero-order valence-electron chi connectivity index (χ0n) is 19.6. The van der Waals surface area contributed by atoms with Crippen molar-refractivity contribution in [1.82, 2.24) is 4.98 Å². The Kier molecular flexibility index (Phi) is 5.53. The van der Waals surface area contributed by atoms with Crippen molar-refractivity contribution in [3.63, 3.8) is 0 Å². The molecule has 1 amide bonds. The van der Waals surface area contributed by atoms with Gasteiger partial charge in [-0.05, 0) is 42.5 Å². The zero-order chi connectivity index (χ0) is 24.7. The van der Waals surface area contributed by atoms with Crippen LogP contribution in [0.3, 0.4) is 0 Å². The van der Waals surface area contributed by atoms with Crippen LogP contribution in [-0.4, -0.2) is 43.0 Å². The molecule has 0 saturated carbocycles. The highest BCUT2D eigenvalue weighted by molar-refractivity contribution is 6.51. The van der Waals surface area contributed by atoms with Gasteiger partial charge >= 0.3 is 0 Å². The molecule has 7 heteroatoms. The van der Waals surface area contributed by atoms with E-state index in [2.05, 4.69) is 4.98 Å². The molecule has 2 heterocycles. The van der Waals surface area contributed by atoms with E-state index in [4.69, 9.17) is 4.74 Å². The van der Waals surface area contributed by atoms with Crippen LogP contribution in [0, 0.1) is 0 Å². The third-order valence-corrected chi connectivity index (χ3v) is 6.35. The van der Waals surface area contributed by atoms with E-state index in [0.717, 1.165) is 22.2 Å². The molecule has 0 aliphatic carbocycles. The summed E-state index contributed by atoms with van der Waals surface area (Å²) in [5.74, 6) is -1.14. The molecule has 176 valence electrons. The number of aromatic nitrogens is 1. The maximum absolute atomic E-state index is 13.4. The van der Waals surface area contributed by atoms with Crippen LogP contribution in [0.1, 0.15) is 17.2 Å². The van der Waals surface area contributed by atoms with Crippen molar-refractivity contribution in [2.45, 2.75) is 6.04 Å². The molecule has 1 aliphatic heterocycles. The number of nitrogens with zero attached hydrogens (tertiary/aromatic N) is 2. The lowest BCUT2D eigenvalue weighted by atomic mass is 9.94. The molecule has 0 spiro atoms. The number of methoxy groups -OCH3 is 1. The number of ether oxygens (including phenoxy) is 1. The van der Waals surface area contributed by atoms with Crippen LogP contribution in [0.4, 0.5) is 11.4 Å². The summed E-state index contributed by atoms with van der Waals surface area (Å²) in [6.07, 6.45) is 1.79. The van der Waals surface area contributed by atoms with Gasteiger partial charge in [0.05, 0.1) is 18.7 Å². The molecule has 3 aromatic carbocycles. The number of rotatable bonds is 5. The van der Waals surface area contributed by atoms with E-state index >= 15 is 0 Å². The Morgan fingerprint density at radius 1 is 1.00 bits per heavy atom. The molecule has 1 unspecified atom stereocenters. The first-order chi connectivity index (χ1) is 16.9. The zero-order valence-corrected chi connectivity index (χ0v) is 19.6. The molecule has 1 aromatic heterocycles. The summed E-state index contributed by atoms with van der Waals surface area (Å²) in [6, 6.07) is 21.1. The molecular formula is C28H25N3O4. The largest absolute Gasteiger partial charge is 0.507 e. The predicted octanol–water partition coefficient (Wildman–Crippen LogP) is 4.87. The molecule has 1 atom stereocenters. The Bertz CT molecular complexity index is 1470.